The van der Waals surface area contributed by atoms with Crippen molar-refractivity contribution < 1.29 is 4.79 Å². The van der Waals surface area contributed by atoms with Gasteiger partial charge in [-0.1, -0.05) is 27.7 Å². The highest BCUT2D eigenvalue weighted by atomic mass is 16.2. The summed E-state index contributed by atoms with van der Waals surface area (Å²) < 4.78 is 0. The molecule has 0 bridgehead atoms. The highest BCUT2D eigenvalue weighted by Crippen LogP contribution is 2.21. The molecular weight excluding hydrogens is 176 g/mol. The second-order valence-electron chi connectivity index (χ2n) is 4.88. The minimum absolute atomic E-state index is 0.131. The van der Waals surface area contributed by atoms with Gasteiger partial charge in [0.1, 0.15) is 0 Å². The van der Waals surface area contributed by atoms with E-state index in [1.54, 1.807) is 0 Å². The van der Waals surface area contributed by atoms with Crippen LogP contribution in [0.25, 0.3) is 0 Å². The molecule has 2 atom stereocenters. The van der Waals surface area contributed by atoms with E-state index < -0.39 is 0 Å². The molecule has 2 N–H and O–H groups in total. The topological polar surface area (TPSA) is 41.1 Å². The summed E-state index contributed by atoms with van der Waals surface area (Å²) in [6, 6.07) is 0.317. The van der Waals surface area contributed by atoms with E-state index in [1.165, 1.54) is 0 Å². The third-order valence-corrected chi connectivity index (χ3v) is 3.03. The Hall–Kier alpha value is -0.570. The number of rotatable bonds is 2. The normalized spacial score (nSPS) is 29.1. The number of hydrogen-bond donors (Lipinski definition) is 2. The van der Waals surface area contributed by atoms with Crippen molar-refractivity contribution in [1.29, 1.82) is 0 Å². The average Bonchev–Trinajstić information content (AvgIpc) is 2.26. The van der Waals surface area contributed by atoms with Gasteiger partial charge in [0.2, 0.25) is 5.91 Å². The van der Waals surface area contributed by atoms with Gasteiger partial charge in [0.05, 0.1) is 6.54 Å². The Bertz CT molecular complexity index is 201. The molecule has 82 valence electrons. The summed E-state index contributed by atoms with van der Waals surface area (Å²) in [7, 11) is 0. The average molecular weight is 198 g/mol. The van der Waals surface area contributed by atoms with Gasteiger partial charge in [-0.05, 0) is 17.8 Å². The van der Waals surface area contributed by atoms with Crippen LogP contribution < -0.4 is 10.6 Å². The Morgan fingerprint density at radius 1 is 1.21 bits per heavy atom. The summed E-state index contributed by atoms with van der Waals surface area (Å²) >= 11 is 0. The SMILES string of the molecule is CC(C)C1CNCC(=O)NC1C(C)C. The van der Waals surface area contributed by atoms with Crippen LogP contribution in [-0.2, 0) is 4.79 Å². The summed E-state index contributed by atoms with van der Waals surface area (Å²) in [6.45, 7) is 10.2. The lowest BCUT2D eigenvalue weighted by molar-refractivity contribution is -0.120. The minimum atomic E-state index is 0.131. The monoisotopic (exact) mass is 198 g/mol. The third kappa shape index (κ3) is 2.71. The number of carbonyl (C=O) groups excluding carboxylic acids is 1. The van der Waals surface area contributed by atoms with E-state index in [0.717, 1.165) is 6.54 Å². The molecule has 1 amide bonds. The number of nitrogens with one attached hydrogen (secondary N) is 2. The highest BCUT2D eigenvalue weighted by molar-refractivity contribution is 5.78. The van der Waals surface area contributed by atoms with Crippen molar-refractivity contribution in [2.45, 2.75) is 33.7 Å². The first-order valence-electron chi connectivity index (χ1n) is 5.52. The summed E-state index contributed by atoms with van der Waals surface area (Å²) in [5.41, 5.74) is 0. The fourth-order valence-corrected chi connectivity index (χ4v) is 2.13. The van der Waals surface area contributed by atoms with Crippen molar-refractivity contribution in [1.82, 2.24) is 10.6 Å². The zero-order chi connectivity index (χ0) is 10.7. The van der Waals surface area contributed by atoms with Crippen LogP contribution in [0.15, 0.2) is 0 Å². The van der Waals surface area contributed by atoms with Crippen molar-refractivity contribution in [3.8, 4) is 0 Å². The fourth-order valence-electron chi connectivity index (χ4n) is 2.13. The standard InChI is InChI=1S/C11H22N2O/c1-7(2)9-5-12-6-10(14)13-11(9)8(3)4/h7-9,11-12H,5-6H2,1-4H3,(H,13,14). The molecule has 0 saturated carbocycles. The second kappa shape index (κ2) is 4.78. The van der Waals surface area contributed by atoms with Crippen LogP contribution in [0.3, 0.4) is 0 Å². The Balaban J connectivity index is 2.74. The molecule has 0 aromatic carbocycles. The number of hydrogen-bond acceptors (Lipinski definition) is 2. The molecule has 3 heteroatoms. The van der Waals surface area contributed by atoms with Crippen LogP contribution in [0.2, 0.25) is 0 Å². The molecule has 0 aliphatic carbocycles. The van der Waals surface area contributed by atoms with Gasteiger partial charge in [-0.15, -0.1) is 0 Å². The summed E-state index contributed by atoms with van der Waals surface area (Å²) in [4.78, 5) is 11.4. The van der Waals surface area contributed by atoms with Gasteiger partial charge in [0, 0.05) is 12.6 Å². The zero-order valence-electron chi connectivity index (χ0n) is 9.63. The second-order valence-corrected chi connectivity index (χ2v) is 4.88. The van der Waals surface area contributed by atoms with Crippen LogP contribution in [0.5, 0.6) is 0 Å². The van der Waals surface area contributed by atoms with E-state index in [1.807, 2.05) is 0 Å². The smallest absolute Gasteiger partial charge is 0.234 e. The predicted octanol–water partition coefficient (Wildman–Crippen LogP) is 1.00. The predicted molar refractivity (Wildman–Crippen MR) is 58.0 cm³/mol. The molecule has 1 rings (SSSR count). The lowest BCUT2D eigenvalue weighted by Crippen LogP contribution is -2.45. The Morgan fingerprint density at radius 2 is 1.86 bits per heavy atom. The fraction of sp³-hybridized carbons (Fsp3) is 0.909. The van der Waals surface area contributed by atoms with Gasteiger partial charge in [0.15, 0.2) is 0 Å². The molecule has 0 aromatic heterocycles. The Morgan fingerprint density at radius 3 is 2.36 bits per heavy atom. The van der Waals surface area contributed by atoms with Gasteiger partial charge < -0.3 is 10.6 Å². The molecule has 1 fully saturated rings. The molecule has 0 radical (unpaired) electrons. The first kappa shape index (κ1) is 11.5. The summed E-state index contributed by atoms with van der Waals surface area (Å²) in [6.07, 6.45) is 0. The van der Waals surface area contributed by atoms with Crippen molar-refractivity contribution in [2.24, 2.45) is 17.8 Å². The van der Waals surface area contributed by atoms with Crippen molar-refractivity contribution in [3.63, 3.8) is 0 Å². The third-order valence-electron chi connectivity index (χ3n) is 3.03. The first-order valence-corrected chi connectivity index (χ1v) is 5.52. The van der Waals surface area contributed by atoms with Gasteiger partial charge in [0.25, 0.3) is 0 Å². The molecule has 14 heavy (non-hydrogen) atoms. The van der Waals surface area contributed by atoms with Crippen molar-refractivity contribution >= 4 is 5.91 Å². The van der Waals surface area contributed by atoms with Crippen molar-refractivity contribution in [3.05, 3.63) is 0 Å². The van der Waals surface area contributed by atoms with Crippen LogP contribution in [0.1, 0.15) is 27.7 Å². The lowest BCUT2D eigenvalue weighted by atomic mass is 9.83. The molecule has 1 saturated heterocycles. The van der Waals surface area contributed by atoms with E-state index in [4.69, 9.17) is 0 Å². The van der Waals surface area contributed by atoms with E-state index in [2.05, 4.69) is 38.3 Å². The molecule has 1 aliphatic heterocycles. The van der Waals surface area contributed by atoms with Gasteiger partial charge in [-0.3, -0.25) is 4.79 Å². The molecule has 1 aliphatic rings. The number of amides is 1. The van der Waals surface area contributed by atoms with E-state index in [-0.39, 0.29) is 5.91 Å². The Kier molecular flexibility index (Phi) is 3.93. The zero-order valence-corrected chi connectivity index (χ0v) is 9.63. The summed E-state index contributed by atoms with van der Waals surface area (Å²) in [5, 5.41) is 6.31. The molecule has 0 spiro atoms. The minimum Gasteiger partial charge on any atom is -0.352 e. The molecular formula is C11H22N2O. The highest BCUT2D eigenvalue weighted by Gasteiger charge is 2.30. The summed E-state index contributed by atoms with van der Waals surface area (Å²) in [5.74, 6) is 1.79. The molecule has 2 unspecified atom stereocenters. The maximum atomic E-state index is 11.4. The van der Waals surface area contributed by atoms with Gasteiger partial charge in [-0.25, -0.2) is 0 Å². The quantitative estimate of drug-likeness (QED) is 0.695. The lowest BCUT2D eigenvalue weighted by Gasteiger charge is -2.31. The Labute approximate surface area is 86.6 Å². The van der Waals surface area contributed by atoms with E-state index >= 15 is 0 Å². The van der Waals surface area contributed by atoms with Gasteiger partial charge >= 0.3 is 0 Å². The van der Waals surface area contributed by atoms with Crippen LogP contribution in [-0.4, -0.2) is 25.0 Å². The molecule has 1 heterocycles. The largest absolute Gasteiger partial charge is 0.352 e. The molecule has 0 aromatic rings. The van der Waals surface area contributed by atoms with Crippen LogP contribution >= 0.6 is 0 Å². The van der Waals surface area contributed by atoms with Crippen molar-refractivity contribution in [2.75, 3.05) is 13.1 Å². The molecule has 3 nitrogen and oxygen atoms in total. The van der Waals surface area contributed by atoms with E-state index in [9.17, 15) is 4.79 Å². The van der Waals surface area contributed by atoms with Crippen LogP contribution in [0, 0.1) is 17.8 Å². The van der Waals surface area contributed by atoms with E-state index in [0.29, 0.717) is 30.3 Å². The maximum absolute atomic E-state index is 11.4. The number of carbonyl (C=O) groups is 1. The van der Waals surface area contributed by atoms with Crippen LogP contribution in [0.4, 0.5) is 0 Å². The van der Waals surface area contributed by atoms with Gasteiger partial charge in [-0.2, -0.15) is 0 Å². The maximum Gasteiger partial charge on any atom is 0.234 e. The first-order chi connectivity index (χ1) is 6.52.